The number of rotatable bonds is 4. The predicted molar refractivity (Wildman–Crippen MR) is 166 cm³/mol. The van der Waals surface area contributed by atoms with Gasteiger partial charge in [0.25, 0.3) is 0 Å². The molecule has 5 nitrogen and oxygen atoms in total. The van der Waals surface area contributed by atoms with Gasteiger partial charge in [0.05, 0.1) is 11.2 Å². The summed E-state index contributed by atoms with van der Waals surface area (Å²) >= 11 is 1.77. The normalized spacial score (nSPS) is 18.0. The molecule has 0 radical (unpaired) electrons. The average molecular weight is 544 g/mol. The van der Waals surface area contributed by atoms with E-state index in [-0.39, 0.29) is 0 Å². The molecule has 0 unspecified atom stereocenters. The Hall–Kier alpha value is -3.65. The first-order valence-corrected chi connectivity index (χ1v) is 14.6. The molecule has 0 N–H and O–H groups in total. The van der Waals surface area contributed by atoms with Crippen LogP contribution in [0.15, 0.2) is 85.0 Å². The number of thiophene rings is 1. The lowest BCUT2D eigenvalue weighted by Gasteiger charge is -2.32. The van der Waals surface area contributed by atoms with Crippen LogP contribution in [0, 0.1) is 0 Å². The summed E-state index contributed by atoms with van der Waals surface area (Å²) in [6.07, 6.45) is 8.53. The van der Waals surface area contributed by atoms with Crippen LogP contribution in [0.5, 0.6) is 0 Å². The molecule has 1 fully saturated rings. The molecule has 198 valence electrons. The van der Waals surface area contributed by atoms with Gasteiger partial charge in [-0.1, -0.05) is 72.8 Å². The van der Waals surface area contributed by atoms with Crippen molar-refractivity contribution >= 4 is 49.7 Å². The minimum atomic E-state index is -0.495. The van der Waals surface area contributed by atoms with Crippen LogP contribution in [0.1, 0.15) is 46.4 Å². The van der Waals surface area contributed by atoms with Gasteiger partial charge in [-0.15, -0.1) is 11.3 Å². The first-order chi connectivity index (χ1) is 19.3. The maximum Gasteiger partial charge on any atom is 0.494 e. The topological polar surface area (TPSA) is 57.1 Å². The van der Waals surface area contributed by atoms with Gasteiger partial charge in [-0.2, -0.15) is 0 Å². The van der Waals surface area contributed by atoms with E-state index in [1.807, 2.05) is 30.3 Å². The van der Waals surface area contributed by atoms with Gasteiger partial charge in [0.2, 0.25) is 0 Å². The Labute approximate surface area is 238 Å². The van der Waals surface area contributed by atoms with Crippen LogP contribution in [-0.2, 0) is 9.31 Å². The second-order valence-electron chi connectivity index (χ2n) is 11.4. The highest BCUT2D eigenvalue weighted by molar-refractivity contribution is 7.26. The first kappa shape index (κ1) is 25.3. The zero-order valence-electron chi connectivity index (χ0n) is 23.1. The molecule has 0 saturated carbocycles. The molecule has 0 spiro atoms. The molecule has 2 aliphatic rings. The minimum absolute atomic E-state index is 0.440. The molecule has 7 heteroatoms. The highest BCUT2D eigenvalue weighted by atomic mass is 32.1. The summed E-state index contributed by atoms with van der Waals surface area (Å²) in [4.78, 5) is 15.1. The fourth-order valence-corrected chi connectivity index (χ4v) is 6.45. The zero-order valence-corrected chi connectivity index (χ0v) is 24.0. The van der Waals surface area contributed by atoms with Gasteiger partial charge in [0, 0.05) is 36.9 Å². The Morgan fingerprint density at radius 2 is 1.45 bits per heavy atom. The Morgan fingerprint density at radius 3 is 2.20 bits per heavy atom. The molecule has 3 aromatic carbocycles. The summed E-state index contributed by atoms with van der Waals surface area (Å²) in [7, 11) is -0.495. The molecule has 5 aromatic rings. The van der Waals surface area contributed by atoms with Gasteiger partial charge in [-0.05, 0) is 58.1 Å². The van der Waals surface area contributed by atoms with E-state index in [1.165, 1.54) is 10.1 Å². The highest BCUT2D eigenvalue weighted by Crippen LogP contribution is 2.41. The van der Waals surface area contributed by atoms with Gasteiger partial charge in [-0.25, -0.2) is 15.0 Å². The van der Waals surface area contributed by atoms with Crippen LogP contribution in [0.25, 0.3) is 48.5 Å². The second kappa shape index (κ2) is 9.48. The number of allylic oxidation sites excluding steroid dienone is 4. The van der Waals surface area contributed by atoms with Crippen molar-refractivity contribution in [3.05, 3.63) is 90.8 Å². The molecule has 3 heterocycles. The summed E-state index contributed by atoms with van der Waals surface area (Å²) in [5.41, 5.74) is 3.03. The second-order valence-corrected chi connectivity index (χ2v) is 12.5. The maximum absolute atomic E-state index is 6.50. The van der Waals surface area contributed by atoms with Crippen LogP contribution in [-0.4, -0.2) is 33.3 Å². The Morgan fingerprint density at radius 1 is 0.750 bits per heavy atom. The summed E-state index contributed by atoms with van der Waals surface area (Å²) in [6, 6.07) is 23.0. The number of benzene rings is 3. The van der Waals surface area contributed by atoms with Crippen LogP contribution in [0.4, 0.5) is 0 Å². The van der Waals surface area contributed by atoms with Gasteiger partial charge in [0.15, 0.2) is 17.5 Å². The van der Waals surface area contributed by atoms with Gasteiger partial charge in [-0.3, -0.25) is 0 Å². The van der Waals surface area contributed by atoms with Crippen molar-refractivity contribution in [1.29, 1.82) is 0 Å². The molecule has 1 saturated heterocycles. The number of aromatic nitrogens is 3. The van der Waals surface area contributed by atoms with Gasteiger partial charge < -0.3 is 9.31 Å². The quantitative estimate of drug-likeness (QED) is 0.219. The molecular formula is C33H30BN3O2S. The molecular weight excluding hydrogens is 513 g/mol. The standard InChI is InChI=1S/C33H30BN3O2S/c1-32(2)33(3,4)39-34(38-32)23-19-25-24-17-11-12-18-27(24)40-28(25)26(20-23)31-36-29(21-13-7-5-8-14-21)35-30(37-31)22-15-9-6-10-16-22/h5,7-9,11-20H,6,10H2,1-4H3. The number of hydrogen-bond donors (Lipinski definition) is 0. The largest absolute Gasteiger partial charge is 0.494 e. The van der Waals surface area contributed by atoms with Crippen molar-refractivity contribution in [2.75, 3.05) is 0 Å². The summed E-state index contributed by atoms with van der Waals surface area (Å²) in [5.74, 6) is 2.00. The third-order valence-corrected chi connectivity index (χ3v) is 9.41. The van der Waals surface area contributed by atoms with E-state index >= 15 is 0 Å². The fourth-order valence-electron chi connectivity index (χ4n) is 5.25. The van der Waals surface area contributed by atoms with Gasteiger partial charge in [0.1, 0.15) is 0 Å². The van der Waals surface area contributed by atoms with Crippen LogP contribution in [0.2, 0.25) is 0 Å². The van der Waals surface area contributed by atoms with E-state index in [0.29, 0.717) is 17.5 Å². The fraction of sp³-hybridized carbons (Fsp3) is 0.242. The number of fused-ring (bicyclic) bond motifs is 3. The lowest BCUT2D eigenvalue weighted by molar-refractivity contribution is 0.00578. The maximum atomic E-state index is 6.50. The van der Waals surface area contributed by atoms with Crippen molar-refractivity contribution in [1.82, 2.24) is 15.0 Å². The Bertz CT molecular complexity index is 1810. The number of hydrogen-bond acceptors (Lipinski definition) is 6. The van der Waals surface area contributed by atoms with E-state index in [4.69, 9.17) is 24.3 Å². The van der Waals surface area contributed by atoms with E-state index in [0.717, 1.165) is 45.1 Å². The van der Waals surface area contributed by atoms with E-state index < -0.39 is 18.3 Å². The van der Waals surface area contributed by atoms with Crippen LogP contribution in [0.3, 0.4) is 0 Å². The monoisotopic (exact) mass is 543 g/mol. The van der Waals surface area contributed by atoms with Gasteiger partial charge >= 0.3 is 7.12 Å². The average Bonchev–Trinajstić information content (AvgIpc) is 3.45. The number of nitrogens with zero attached hydrogens (tertiary/aromatic N) is 3. The molecule has 0 bridgehead atoms. The van der Waals surface area contributed by atoms with E-state index in [9.17, 15) is 0 Å². The van der Waals surface area contributed by atoms with E-state index in [1.54, 1.807) is 11.3 Å². The van der Waals surface area contributed by atoms with Crippen molar-refractivity contribution in [2.24, 2.45) is 0 Å². The third-order valence-electron chi connectivity index (χ3n) is 8.19. The van der Waals surface area contributed by atoms with Crippen molar-refractivity contribution in [2.45, 2.75) is 51.7 Å². The zero-order chi connectivity index (χ0) is 27.5. The first-order valence-electron chi connectivity index (χ1n) is 13.8. The predicted octanol–water partition coefficient (Wildman–Crippen LogP) is 7.61. The van der Waals surface area contributed by atoms with Crippen LogP contribution < -0.4 is 5.46 Å². The summed E-state index contributed by atoms with van der Waals surface area (Å²) in [6.45, 7) is 8.34. The van der Waals surface area contributed by atoms with Crippen molar-refractivity contribution in [3.63, 3.8) is 0 Å². The molecule has 7 rings (SSSR count). The minimum Gasteiger partial charge on any atom is -0.399 e. The molecule has 1 aliphatic heterocycles. The molecule has 2 aromatic heterocycles. The molecule has 1 aliphatic carbocycles. The molecule has 0 atom stereocenters. The highest BCUT2D eigenvalue weighted by Gasteiger charge is 2.51. The molecule has 0 amide bonds. The van der Waals surface area contributed by atoms with E-state index in [2.05, 4.69) is 82.3 Å². The molecule has 40 heavy (non-hydrogen) atoms. The van der Waals surface area contributed by atoms with Crippen molar-refractivity contribution < 1.29 is 9.31 Å². The van der Waals surface area contributed by atoms with Crippen molar-refractivity contribution in [3.8, 4) is 22.8 Å². The lowest BCUT2D eigenvalue weighted by atomic mass is 9.77. The SMILES string of the molecule is CC1(C)OB(c2cc(-c3nc(C4=CCCC=C4)nc(-c4ccccc4)n3)c3sc4ccccc4c3c2)OC1(C)C. The Balaban J connectivity index is 1.48. The third kappa shape index (κ3) is 4.29. The summed E-state index contributed by atoms with van der Waals surface area (Å²) < 4.78 is 15.4. The van der Waals surface area contributed by atoms with Crippen LogP contribution >= 0.6 is 11.3 Å². The smallest absolute Gasteiger partial charge is 0.399 e. The Kier molecular flexibility index (Phi) is 6.00. The lowest BCUT2D eigenvalue weighted by Crippen LogP contribution is -2.41. The summed E-state index contributed by atoms with van der Waals surface area (Å²) in [5, 5.41) is 2.36.